The van der Waals surface area contributed by atoms with E-state index in [1.807, 2.05) is 14.0 Å². The van der Waals surface area contributed by atoms with Gasteiger partial charge in [0.1, 0.15) is 4.90 Å². The van der Waals surface area contributed by atoms with Gasteiger partial charge < -0.3 is 5.32 Å². The molecule has 0 aliphatic carbocycles. The number of nitrogens with zero attached hydrogens (tertiary/aromatic N) is 3. The van der Waals surface area contributed by atoms with Gasteiger partial charge in [0.05, 0.1) is 12.7 Å². The van der Waals surface area contributed by atoms with Gasteiger partial charge in [0.2, 0.25) is 10.0 Å². The van der Waals surface area contributed by atoms with Crippen molar-refractivity contribution >= 4 is 21.8 Å². The van der Waals surface area contributed by atoms with E-state index in [2.05, 4.69) is 10.4 Å². The summed E-state index contributed by atoms with van der Waals surface area (Å²) < 4.78 is 28.3. The Hall–Kier alpha value is -0.570. The van der Waals surface area contributed by atoms with Crippen LogP contribution in [-0.2, 0) is 16.6 Å². The minimum Gasteiger partial charge on any atom is -0.318 e. The van der Waals surface area contributed by atoms with Crippen molar-refractivity contribution in [3.8, 4) is 0 Å². The van der Waals surface area contributed by atoms with Gasteiger partial charge in [-0.25, -0.2) is 8.42 Å². The van der Waals surface area contributed by atoms with Gasteiger partial charge in [0.25, 0.3) is 0 Å². The molecule has 0 amide bonds. The van der Waals surface area contributed by atoms with Gasteiger partial charge in [0, 0.05) is 36.8 Å². The van der Waals surface area contributed by atoms with E-state index < -0.39 is 10.0 Å². The highest BCUT2D eigenvalue weighted by Gasteiger charge is 2.32. The maximum Gasteiger partial charge on any atom is 0.246 e. The van der Waals surface area contributed by atoms with Crippen LogP contribution in [0.2, 0.25) is 0 Å². The number of aromatic nitrogens is 2. The monoisotopic (exact) mass is 304 g/mol. The molecule has 2 rings (SSSR count). The molecule has 1 atom stereocenters. The minimum atomic E-state index is -3.40. The fourth-order valence-electron chi connectivity index (χ4n) is 2.03. The molecule has 6 nitrogen and oxygen atoms in total. The SMILES string of the molecule is CNCCn1cc(S(=O)(=O)N2CCSCC2C)cn1. The quantitative estimate of drug-likeness (QED) is 0.843. The van der Waals surface area contributed by atoms with Crippen LogP contribution in [0.1, 0.15) is 6.92 Å². The summed E-state index contributed by atoms with van der Waals surface area (Å²) in [6.07, 6.45) is 3.06. The van der Waals surface area contributed by atoms with Crippen LogP contribution in [-0.4, -0.2) is 60.2 Å². The lowest BCUT2D eigenvalue weighted by Gasteiger charge is -2.31. The maximum atomic E-state index is 12.5. The van der Waals surface area contributed by atoms with Gasteiger partial charge in [0.15, 0.2) is 0 Å². The molecule has 108 valence electrons. The first-order valence-corrected chi connectivity index (χ1v) is 8.92. The Balaban J connectivity index is 2.16. The van der Waals surface area contributed by atoms with Crippen molar-refractivity contribution in [1.82, 2.24) is 19.4 Å². The Morgan fingerprint density at radius 1 is 1.58 bits per heavy atom. The van der Waals surface area contributed by atoms with E-state index in [0.717, 1.165) is 18.1 Å². The number of hydrogen-bond acceptors (Lipinski definition) is 5. The highest BCUT2D eigenvalue weighted by atomic mass is 32.2. The summed E-state index contributed by atoms with van der Waals surface area (Å²) >= 11 is 1.80. The third-order valence-corrected chi connectivity index (χ3v) is 6.27. The Bertz CT molecular complexity index is 515. The zero-order valence-corrected chi connectivity index (χ0v) is 12.9. The van der Waals surface area contributed by atoms with Crippen LogP contribution in [0.3, 0.4) is 0 Å². The number of rotatable bonds is 5. The van der Waals surface area contributed by atoms with Crippen molar-refractivity contribution in [2.45, 2.75) is 24.4 Å². The molecule has 0 saturated carbocycles. The lowest BCUT2D eigenvalue weighted by molar-refractivity contribution is 0.367. The third-order valence-electron chi connectivity index (χ3n) is 3.11. The average molecular weight is 304 g/mol. The molecule has 1 unspecified atom stereocenters. The van der Waals surface area contributed by atoms with Gasteiger partial charge in [-0.15, -0.1) is 0 Å². The van der Waals surface area contributed by atoms with E-state index in [4.69, 9.17) is 0 Å². The van der Waals surface area contributed by atoms with Crippen LogP contribution in [0.25, 0.3) is 0 Å². The van der Waals surface area contributed by atoms with E-state index >= 15 is 0 Å². The molecule has 1 aromatic rings. The standard InChI is InChI=1S/C11H20N4O2S2/c1-10-9-18-6-5-15(10)19(16,17)11-7-13-14(8-11)4-3-12-2/h7-8,10,12H,3-6,9H2,1-2H3. The van der Waals surface area contributed by atoms with Crippen molar-refractivity contribution in [1.29, 1.82) is 0 Å². The molecule has 1 aliphatic rings. The highest BCUT2D eigenvalue weighted by Crippen LogP contribution is 2.23. The summed E-state index contributed by atoms with van der Waals surface area (Å²) in [6, 6.07) is 0.0457. The molecule has 19 heavy (non-hydrogen) atoms. The first-order chi connectivity index (χ1) is 9.05. The smallest absolute Gasteiger partial charge is 0.246 e. The summed E-state index contributed by atoms with van der Waals surface area (Å²) in [5.74, 6) is 1.71. The van der Waals surface area contributed by atoms with E-state index in [-0.39, 0.29) is 6.04 Å². The first kappa shape index (κ1) is 14.8. The van der Waals surface area contributed by atoms with E-state index in [9.17, 15) is 8.42 Å². The second-order valence-electron chi connectivity index (χ2n) is 4.58. The summed E-state index contributed by atoms with van der Waals surface area (Å²) in [5.41, 5.74) is 0. The zero-order valence-electron chi connectivity index (χ0n) is 11.2. The molecule has 1 fully saturated rings. The van der Waals surface area contributed by atoms with Crippen LogP contribution >= 0.6 is 11.8 Å². The van der Waals surface area contributed by atoms with Crippen LogP contribution in [0.4, 0.5) is 0 Å². The number of likely N-dealkylation sites (N-methyl/N-ethyl adjacent to an activating group) is 1. The number of thioether (sulfide) groups is 1. The molecular weight excluding hydrogens is 284 g/mol. The van der Waals surface area contributed by atoms with Crippen molar-refractivity contribution in [2.75, 3.05) is 31.6 Å². The predicted octanol–water partition coefficient (Wildman–Crippen LogP) is 0.229. The van der Waals surface area contributed by atoms with Gasteiger partial charge in [-0.1, -0.05) is 0 Å². The van der Waals surface area contributed by atoms with Crippen LogP contribution in [0.5, 0.6) is 0 Å². The molecule has 1 aromatic heterocycles. The normalized spacial score (nSPS) is 21.7. The molecule has 0 bridgehead atoms. The van der Waals surface area contributed by atoms with E-state index in [1.54, 1.807) is 26.9 Å². The molecule has 8 heteroatoms. The Morgan fingerprint density at radius 3 is 3.05 bits per heavy atom. The second kappa shape index (κ2) is 6.25. The summed E-state index contributed by atoms with van der Waals surface area (Å²) in [7, 11) is -1.54. The third kappa shape index (κ3) is 3.31. The van der Waals surface area contributed by atoms with Crippen molar-refractivity contribution in [3.05, 3.63) is 12.4 Å². The highest BCUT2D eigenvalue weighted by molar-refractivity contribution is 7.99. The van der Waals surface area contributed by atoms with E-state index in [0.29, 0.717) is 18.0 Å². The molecule has 0 spiro atoms. The molecule has 0 radical (unpaired) electrons. The van der Waals surface area contributed by atoms with Crippen LogP contribution in [0, 0.1) is 0 Å². The molecule has 1 saturated heterocycles. The Kier molecular flexibility index (Phi) is 4.88. The second-order valence-corrected chi connectivity index (χ2v) is 7.62. The largest absolute Gasteiger partial charge is 0.318 e. The van der Waals surface area contributed by atoms with Gasteiger partial charge in [-0.2, -0.15) is 21.2 Å². The minimum absolute atomic E-state index is 0.0457. The van der Waals surface area contributed by atoms with Crippen molar-refractivity contribution in [2.24, 2.45) is 0 Å². The Morgan fingerprint density at radius 2 is 2.37 bits per heavy atom. The number of hydrogen-bond donors (Lipinski definition) is 1. The number of nitrogens with one attached hydrogen (secondary N) is 1. The molecule has 1 N–H and O–H groups in total. The van der Waals surface area contributed by atoms with Gasteiger partial charge in [-0.3, -0.25) is 4.68 Å². The predicted molar refractivity (Wildman–Crippen MR) is 76.8 cm³/mol. The Labute approximate surface area is 118 Å². The molecule has 1 aliphatic heterocycles. The van der Waals surface area contributed by atoms with Crippen molar-refractivity contribution < 1.29 is 8.42 Å². The van der Waals surface area contributed by atoms with Crippen LogP contribution in [0.15, 0.2) is 17.3 Å². The molecule has 2 heterocycles. The lowest BCUT2D eigenvalue weighted by atomic mass is 10.4. The van der Waals surface area contributed by atoms with E-state index in [1.165, 1.54) is 6.20 Å². The zero-order chi connectivity index (χ0) is 13.9. The number of sulfonamides is 1. The molecule has 0 aromatic carbocycles. The van der Waals surface area contributed by atoms with Crippen molar-refractivity contribution in [3.63, 3.8) is 0 Å². The van der Waals surface area contributed by atoms with Gasteiger partial charge >= 0.3 is 0 Å². The maximum absolute atomic E-state index is 12.5. The summed E-state index contributed by atoms with van der Waals surface area (Å²) in [4.78, 5) is 0.294. The topological polar surface area (TPSA) is 67.2 Å². The summed E-state index contributed by atoms with van der Waals surface area (Å²) in [6.45, 7) is 3.96. The van der Waals surface area contributed by atoms with Gasteiger partial charge in [-0.05, 0) is 14.0 Å². The molecular formula is C11H20N4O2S2. The van der Waals surface area contributed by atoms with Crippen LogP contribution < -0.4 is 5.32 Å². The summed E-state index contributed by atoms with van der Waals surface area (Å²) in [5, 5.41) is 7.12. The fraction of sp³-hybridized carbons (Fsp3) is 0.727. The fourth-order valence-corrected chi connectivity index (χ4v) is 4.84. The first-order valence-electron chi connectivity index (χ1n) is 6.32. The lowest BCUT2D eigenvalue weighted by Crippen LogP contribution is -2.44. The average Bonchev–Trinajstić information content (AvgIpc) is 2.86.